The zero-order valence-electron chi connectivity index (χ0n) is 17.6. The van der Waals surface area contributed by atoms with Gasteiger partial charge in [0.05, 0.1) is 6.10 Å². The third-order valence-corrected chi connectivity index (χ3v) is 5.62. The first-order valence-electron chi connectivity index (χ1n) is 10.9. The zero-order valence-corrected chi connectivity index (χ0v) is 17.6. The van der Waals surface area contributed by atoms with Crippen molar-refractivity contribution >= 4 is 0 Å². The van der Waals surface area contributed by atoms with Crippen LogP contribution in [0.15, 0.2) is 78.9 Å². The zero-order chi connectivity index (χ0) is 21.5. The molecule has 1 aliphatic heterocycles. The van der Waals surface area contributed by atoms with Crippen molar-refractivity contribution in [1.82, 2.24) is 4.90 Å². The Balaban J connectivity index is 1.40. The summed E-state index contributed by atoms with van der Waals surface area (Å²) in [7, 11) is 0. The molecule has 0 bridgehead atoms. The molecule has 1 fully saturated rings. The molecule has 2 N–H and O–H groups in total. The molecule has 0 aromatic heterocycles. The van der Waals surface area contributed by atoms with E-state index in [1.54, 1.807) is 18.2 Å². The van der Waals surface area contributed by atoms with Crippen molar-refractivity contribution in [2.75, 3.05) is 13.1 Å². The van der Waals surface area contributed by atoms with Crippen LogP contribution in [-0.2, 0) is 6.42 Å². The highest BCUT2D eigenvalue weighted by Gasteiger charge is 2.26. The van der Waals surface area contributed by atoms with Gasteiger partial charge in [0.25, 0.3) is 0 Å². The summed E-state index contributed by atoms with van der Waals surface area (Å²) in [5, 5.41) is 20.0. The fraction of sp³-hybridized carbons (Fsp3) is 0.308. The SMILES string of the molecule is Oc1ccccc1O[C@H](CCc1ccc(Oc2ccccc2)cc1)N1CCC(O)CC1. The van der Waals surface area contributed by atoms with Crippen molar-refractivity contribution in [2.24, 2.45) is 0 Å². The highest BCUT2D eigenvalue weighted by atomic mass is 16.5. The normalized spacial score (nSPS) is 16.0. The monoisotopic (exact) mass is 419 g/mol. The van der Waals surface area contributed by atoms with E-state index in [9.17, 15) is 10.2 Å². The van der Waals surface area contributed by atoms with E-state index in [0.717, 1.165) is 50.3 Å². The van der Waals surface area contributed by atoms with Gasteiger partial charge in [-0.3, -0.25) is 4.90 Å². The van der Waals surface area contributed by atoms with E-state index in [1.165, 1.54) is 5.56 Å². The van der Waals surface area contributed by atoms with Gasteiger partial charge in [-0.1, -0.05) is 42.5 Å². The number of nitrogens with zero attached hydrogens (tertiary/aromatic N) is 1. The number of benzene rings is 3. The number of hydrogen-bond donors (Lipinski definition) is 2. The van der Waals surface area contributed by atoms with E-state index in [4.69, 9.17) is 9.47 Å². The largest absolute Gasteiger partial charge is 0.504 e. The predicted octanol–water partition coefficient (Wildman–Crippen LogP) is 4.98. The average Bonchev–Trinajstić information content (AvgIpc) is 2.80. The van der Waals surface area contributed by atoms with Crippen LogP contribution < -0.4 is 9.47 Å². The molecule has 1 heterocycles. The molecule has 0 aliphatic carbocycles. The Morgan fingerprint density at radius 1 is 0.839 bits per heavy atom. The van der Waals surface area contributed by atoms with Crippen LogP contribution in [0.4, 0.5) is 0 Å². The Bertz CT molecular complexity index is 937. The molecule has 0 unspecified atom stereocenters. The molecule has 3 aromatic carbocycles. The lowest BCUT2D eigenvalue weighted by Gasteiger charge is -2.36. The lowest BCUT2D eigenvalue weighted by atomic mass is 10.0. The summed E-state index contributed by atoms with van der Waals surface area (Å²) in [6.07, 6.45) is 2.70. The average molecular weight is 420 g/mol. The maximum absolute atomic E-state index is 10.1. The summed E-state index contributed by atoms with van der Waals surface area (Å²) in [6, 6.07) is 24.9. The van der Waals surface area contributed by atoms with Gasteiger partial charge in [-0.15, -0.1) is 0 Å². The molecular weight excluding hydrogens is 390 g/mol. The summed E-state index contributed by atoms with van der Waals surface area (Å²) in [4.78, 5) is 2.26. The minimum absolute atomic E-state index is 0.145. The number of aryl methyl sites for hydroxylation is 1. The highest BCUT2D eigenvalue weighted by molar-refractivity contribution is 5.38. The van der Waals surface area contributed by atoms with Crippen molar-refractivity contribution in [3.8, 4) is 23.0 Å². The first-order chi connectivity index (χ1) is 15.2. The van der Waals surface area contributed by atoms with E-state index in [-0.39, 0.29) is 18.1 Å². The van der Waals surface area contributed by atoms with Crippen LogP contribution in [0.2, 0.25) is 0 Å². The van der Waals surface area contributed by atoms with Crippen LogP contribution in [-0.4, -0.2) is 40.5 Å². The van der Waals surface area contributed by atoms with Gasteiger partial charge in [0.2, 0.25) is 0 Å². The number of aromatic hydroxyl groups is 1. The molecule has 1 aliphatic rings. The molecule has 162 valence electrons. The standard InChI is InChI=1S/C26H29NO4/c28-21-16-18-27(19-17-21)26(31-25-9-5-4-8-24(25)29)15-12-20-10-13-23(14-11-20)30-22-6-2-1-3-7-22/h1-11,13-14,21,26,28-29H,12,15-19H2/t26-/m1/s1. The maximum atomic E-state index is 10.1. The van der Waals surface area contributed by atoms with Crippen molar-refractivity contribution in [1.29, 1.82) is 0 Å². The highest BCUT2D eigenvalue weighted by Crippen LogP contribution is 2.29. The van der Waals surface area contributed by atoms with E-state index >= 15 is 0 Å². The molecule has 1 atom stereocenters. The molecule has 5 nitrogen and oxygen atoms in total. The predicted molar refractivity (Wildman–Crippen MR) is 121 cm³/mol. The topological polar surface area (TPSA) is 62.2 Å². The summed E-state index contributed by atoms with van der Waals surface area (Å²) < 4.78 is 12.1. The molecule has 0 radical (unpaired) electrons. The molecule has 0 amide bonds. The Labute approximate surface area is 183 Å². The Kier molecular flexibility index (Phi) is 7.07. The van der Waals surface area contributed by atoms with Gasteiger partial charge in [-0.2, -0.15) is 0 Å². The lowest BCUT2D eigenvalue weighted by molar-refractivity contribution is -0.0221. The smallest absolute Gasteiger partial charge is 0.163 e. The third kappa shape index (κ3) is 6.00. The number of piperidine rings is 1. The second-order valence-corrected chi connectivity index (χ2v) is 7.91. The third-order valence-electron chi connectivity index (χ3n) is 5.62. The van der Waals surface area contributed by atoms with Gasteiger partial charge in [-0.25, -0.2) is 0 Å². The van der Waals surface area contributed by atoms with Gasteiger partial charge in [0.15, 0.2) is 17.7 Å². The number of likely N-dealkylation sites (tertiary alicyclic amines) is 1. The summed E-state index contributed by atoms with van der Waals surface area (Å²) in [5.74, 6) is 2.26. The number of rotatable bonds is 8. The number of hydrogen-bond acceptors (Lipinski definition) is 5. The second-order valence-electron chi connectivity index (χ2n) is 7.91. The molecule has 0 spiro atoms. The molecule has 31 heavy (non-hydrogen) atoms. The number of phenols is 1. The van der Waals surface area contributed by atoms with Crippen molar-refractivity contribution in [3.05, 3.63) is 84.4 Å². The van der Waals surface area contributed by atoms with Gasteiger partial charge in [-0.05, 0) is 61.2 Å². The molecule has 1 saturated heterocycles. The van der Waals surface area contributed by atoms with Gasteiger partial charge in [0, 0.05) is 19.5 Å². The minimum Gasteiger partial charge on any atom is -0.504 e. The number of aliphatic hydroxyl groups excluding tert-OH is 1. The number of para-hydroxylation sites is 3. The molecular formula is C26H29NO4. The van der Waals surface area contributed by atoms with Crippen LogP contribution in [0.25, 0.3) is 0 Å². The number of aliphatic hydroxyl groups is 1. The van der Waals surface area contributed by atoms with Crippen molar-refractivity contribution < 1.29 is 19.7 Å². The summed E-state index contributed by atoms with van der Waals surface area (Å²) in [5.41, 5.74) is 1.20. The number of phenolic OH excluding ortho intramolecular Hbond substituents is 1. The van der Waals surface area contributed by atoms with Crippen LogP contribution in [0.1, 0.15) is 24.8 Å². The molecule has 0 saturated carbocycles. The van der Waals surface area contributed by atoms with E-state index in [1.807, 2.05) is 48.5 Å². The van der Waals surface area contributed by atoms with Crippen LogP contribution >= 0.6 is 0 Å². The van der Waals surface area contributed by atoms with Crippen LogP contribution in [0.5, 0.6) is 23.0 Å². The Morgan fingerprint density at radius 2 is 1.48 bits per heavy atom. The fourth-order valence-electron chi connectivity index (χ4n) is 3.83. The first-order valence-corrected chi connectivity index (χ1v) is 10.9. The maximum Gasteiger partial charge on any atom is 0.163 e. The quantitative estimate of drug-likeness (QED) is 0.539. The summed E-state index contributed by atoms with van der Waals surface area (Å²) >= 11 is 0. The Morgan fingerprint density at radius 3 is 2.19 bits per heavy atom. The van der Waals surface area contributed by atoms with Gasteiger partial charge in [0.1, 0.15) is 11.5 Å². The van der Waals surface area contributed by atoms with E-state index in [0.29, 0.717) is 5.75 Å². The van der Waals surface area contributed by atoms with Crippen molar-refractivity contribution in [3.63, 3.8) is 0 Å². The van der Waals surface area contributed by atoms with Gasteiger partial charge < -0.3 is 19.7 Å². The van der Waals surface area contributed by atoms with Gasteiger partial charge >= 0.3 is 0 Å². The van der Waals surface area contributed by atoms with Crippen molar-refractivity contribution in [2.45, 2.75) is 38.0 Å². The second kappa shape index (κ2) is 10.3. The first kappa shape index (κ1) is 21.2. The minimum atomic E-state index is -0.237. The van der Waals surface area contributed by atoms with E-state index < -0.39 is 0 Å². The Hall–Kier alpha value is -3.02. The molecule has 4 rings (SSSR count). The number of ether oxygens (including phenoxy) is 2. The lowest BCUT2D eigenvalue weighted by Crippen LogP contribution is -2.45. The summed E-state index contributed by atoms with van der Waals surface area (Å²) in [6.45, 7) is 1.56. The van der Waals surface area contributed by atoms with Crippen LogP contribution in [0, 0.1) is 0 Å². The molecule has 5 heteroatoms. The fourth-order valence-corrected chi connectivity index (χ4v) is 3.83. The van der Waals surface area contributed by atoms with E-state index in [2.05, 4.69) is 17.0 Å². The molecule has 3 aromatic rings. The van der Waals surface area contributed by atoms with Crippen LogP contribution in [0.3, 0.4) is 0 Å².